The van der Waals surface area contributed by atoms with Crippen LogP contribution in [0.3, 0.4) is 0 Å². The first kappa shape index (κ1) is 24.4. The highest BCUT2D eigenvalue weighted by molar-refractivity contribution is 5.99. The number of morpholine rings is 1. The van der Waals surface area contributed by atoms with Gasteiger partial charge in [0.2, 0.25) is 5.76 Å². The van der Waals surface area contributed by atoms with Crippen molar-refractivity contribution in [2.75, 3.05) is 39.4 Å². The molecule has 3 heterocycles. The molecule has 3 aromatic carbocycles. The largest absolute Gasteiger partial charge is 0.457 e. The average Bonchev–Trinajstić information content (AvgIpc) is 3.21. The van der Waals surface area contributed by atoms with Crippen molar-refractivity contribution >= 4 is 16.9 Å². The number of fused-ring (bicyclic) bond motifs is 2. The third-order valence-corrected chi connectivity index (χ3v) is 7.50. The Hall–Kier alpha value is -3.94. The van der Waals surface area contributed by atoms with E-state index < -0.39 is 6.04 Å². The van der Waals surface area contributed by atoms with E-state index in [-0.39, 0.29) is 17.1 Å². The van der Waals surface area contributed by atoms with Crippen LogP contribution < -0.4 is 10.2 Å². The SMILES string of the molecule is Cc1cc2oc3c(c(=O)c2cc1C)C(c1cccc(Oc2ccccc2)c1)N(CCN1CCOCC1)C3=O. The van der Waals surface area contributed by atoms with Gasteiger partial charge in [0.15, 0.2) is 5.43 Å². The van der Waals surface area contributed by atoms with Crippen LogP contribution in [0.4, 0.5) is 0 Å². The highest BCUT2D eigenvalue weighted by Gasteiger charge is 2.43. The molecule has 2 aliphatic heterocycles. The fraction of sp³-hybridized carbons (Fsp3) is 0.290. The summed E-state index contributed by atoms with van der Waals surface area (Å²) in [5.74, 6) is 1.23. The van der Waals surface area contributed by atoms with Crippen molar-refractivity contribution in [3.63, 3.8) is 0 Å². The lowest BCUT2D eigenvalue weighted by atomic mass is 9.97. The van der Waals surface area contributed by atoms with Crippen LogP contribution in [-0.4, -0.2) is 55.1 Å². The Morgan fingerprint density at radius 3 is 2.39 bits per heavy atom. The van der Waals surface area contributed by atoms with E-state index >= 15 is 0 Å². The molecule has 0 saturated carbocycles. The molecular weight excluding hydrogens is 480 g/mol. The minimum atomic E-state index is -0.569. The average molecular weight is 511 g/mol. The summed E-state index contributed by atoms with van der Waals surface area (Å²) in [6, 6.07) is 20.3. The molecule has 4 aromatic rings. The molecule has 1 unspecified atom stereocenters. The van der Waals surface area contributed by atoms with Gasteiger partial charge in [-0.3, -0.25) is 14.5 Å². The summed E-state index contributed by atoms with van der Waals surface area (Å²) in [5, 5.41) is 0.497. The molecule has 0 bridgehead atoms. The second-order valence-corrected chi connectivity index (χ2v) is 9.95. The van der Waals surface area contributed by atoms with Crippen LogP contribution in [0, 0.1) is 13.8 Å². The first-order valence-corrected chi connectivity index (χ1v) is 13.0. The molecule has 1 amide bonds. The molecular formula is C31H30N2O5. The molecule has 0 spiro atoms. The molecule has 2 aliphatic rings. The van der Waals surface area contributed by atoms with E-state index in [0.717, 1.165) is 29.8 Å². The molecule has 1 aromatic heterocycles. The maximum Gasteiger partial charge on any atom is 0.290 e. The molecule has 7 heteroatoms. The summed E-state index contributed by atoms with van der Waals surface area (Å²) in [4.78, 5) is 31.8. The van der Waals surface area contributed by atoms with E-state index in [9.17, 15) is 9.59 Å². The molecule has 6 rings (SSSR count). The number of benzene rings is 3. The van der Waals surface area contributed by atoms with Crippen LogP contribution in [0.15, 0.2) is 75.9 Å². The number of carbonyl (C=O) groups excluding carboxylic acids is 1. The summed E-state index contributed by atoms with van der Waals surface area (Å²) in [7, 11) is 0. The van der Waals surface area contributed by atoms with Crippen LogP contribution in [0.2, 0.25) is 0 Å². The molecule has 0 radical (unpaired) electrons. The van der Waals surface area contributed by atoms with Crippen LogP contribution in [0.25, 0.3) is 11.0 Å². The topological polar surface area (TPSA) is 72.2 Å². The molecule has 1 atom stereocenters. The van der Waals surface area contributed by atoms with E-state index in [0.29, 0.717) is 54.3 Å². The minimum Gasteiger partial charge on any atom is -0.457 e. The molecule has 194 valence electrons. The van der Waals surface area contributed by atoms with E-state index in [4.69, 9.17) is 13.9 Å². The smallest absolute Gasteiger partial charge is 0.290 e. The van der Waals surface area contributed by atoms with Gasteiger partial charge >= 0.3 is 0 Å². The maximum atomic E-state index is 13.9. The Balaban J connectivity index is 1.44. The zero-order valence-electron chi connectivity index (χ0n) is 21.6. The zero-order chi connectivity index (χ0) is 26.2. The Morgan fingerprint density at radius 1 is 0.868 bits per heavy atom. The lowest BCUT2D eigenvalue weighted by Gasteiger charge is -2.31. The quantitative estimate of drug-likeness (QED) is 0.360. The third kappa shape index (κ3) is 4.48. The maximum absolute atomic E-state index is 13.9. The van der Waals surface area contributed by atoms with Gasteiger partial charge in [0.1, 0.15) is 17.1 Å². The number of hydrogen-bond donors (Lipinski definition) is 0. The van der Waals surface area contributed by atoms with Crippen LogP contribution in [-0.2, 0) is 4.74 Å². The molecule has 0 aliphatic carbocycles. The van der Waals surface area contributed by atoms with Crippen molar-refractivity contribution in [2.24, 2.45) is 0 Å². The lowest BCUT2D eigenvalue weighted by molar-refractivity contribution is 0.0314. The number of carbonyl (C=O) groups is 1. The summed E-state index contributed by atoms with van der Waals surface area (Å²) in [6.07, 6.45) is 0. The van der Waals surface area contributed by atoms with Gasteiger partial charge in [-0.2, -0.15) is 0 Å². The molecule has 1 fully saturated rings. The minimum absolute atomic E-state index is 0.132. The third-order valence-electron chi connectivity index (χ3n) is 7.50. The fourth-order valence-corrected chi connectivity index (χ4v) is 5.30. The Labute approximate surface area is 221 Å². The van der Waals surface area contributed by atoms with Crippen molar-refractivity contribution in [1.29, 1.82) is 0 Å². The van der Waals surface area contributed by atoms with Gasteiger partial charge in [0, 0.05) is 26.2 Å². The van der Waals surface area contributed by atoms with Gasteiger partial charge in [-0.1, -0.05) is 30.3 Å². The number of amides is 1. The van der Waals surface area contributed by atoms with Crippen molar-refractivity contribution < 1.29 is 18.7 Å². The van der Waals surface area contributed by atoms with Crippen LogP contribution >= 0.6 is 0 Å². The first-order chi connectivity index (χ1) is 18.5. The Morgan fingerprint density at radius 2 is 1.61 bits per heavy atom. The zero-order valence-corrected chi connectivity index (χ0v) is 21.6. The predicted molar refractivity (Wildman–Crippen MR) is 145 cm³/mol. The standard InChI is InChI=1S/C31H30N2O5/c1-20-17-25-26(18-21(20)2)38-30-27(29(25)34)28(33(31(30)35)12-11-32-13-15-36-16-14-32)22-7-6-10-24(19-22)37-23-8-4-3-5-9-23/h3-10,17-19,28H,11-16H2,1-2H3. The Kier molecular flexibility index (Phi) is 6.47. The van der Waals surface area contributed by atoms with Crippen molar-refractivity contribution in [1.82, 2.24) is 9.80 Å². The summed E-state index contributed by atoms with van der Waals surface area (Å²) in [6.45, 7) is 8.10. The predicted octanol–water partition coefficient (Wildman–Crippen LogP) is 5.08. The fourth-order valence-electron chi connectivity index (χ4n) is 5.30. The van der Waals surface area contributed by atoms with Gasteiger partial charge < -0.3 is 18.8 Å². The summed E-state index contributed by atoms with van der Waals surface area (Å²) >= 11 is 0. The number of aryl methyl sites for hydroxylation is 2. The second-order valence-electron chi connectivity index (χ2n) is 9.95. The number of nitrogens with zero attached hydrogens (tertiary/aromatic N) is 2. The van der Waals surface area contributed by atoms with Crippen LogP contribution in [0.1, 0.15) is 38.9 Å². The van der Waals surface area contributed by atoms with E-state index in [1.807, 2.05) is 80.6 Å². The Bertz CT molecular complexity index is 1560. The van der Waals surface area contributed by atoms with Crippen molar-refractivity contribution in [3.05, 3.63) is 105 Å². The summed E-state index contributed by atoms with van der Waals surface area (Å²) < 4.78 is 17.7. The molecule has 7 nitrogen and oxygen atoms in total. The lowest BCUT2D eigenvalue weighted by Crippen LogP contribution is -2.42. The van der Waals surface area contributed by atoms with Gasteiger partial charge in [0.05, 0.1) is 30.2 Å². The molecule has 0 N–H and O–H groups in total. The second kappa shape index (κ2) is 10.1. The number of hydrogen-bond acceptors (Lipinski definition) is 6. The van der Waals surface area contributed by atoms with E-state index in [1.54, 1.807) is 4.90 Å². The van der Waals surface area contributed by atoms with Crippen molar-refractivity contribution in [2.45, 2.75) is 19.9 Å². The normalized spacial score (nSPS) is 17.7. The van der Waals surface area contributed by atoms with Gasteiger partial charge in [-0.25, -0.2) is 0 Å². The number of rotatable bonds is 6. The molecule has 1 saturated heterocycles. The monoisotopic (exact) mass is 510 g/mol. The van der Waals surface area contributed by atoms with E-state index in [2.05, 4.69) is 4.90 Å². The first-order valence-electron chi connectivity index (χ1n) is 13.0. The van der Waals surface area contributed by atoms with Gasteiger partial charge in [0.25, 0.3) is 5.91 Å². The van der Waals surface area contributed by atoms with E-state index in [1.165, 1.54) is 0 Å². The molecule has 38 heavy (non-hydrogen) atoms. The summed E-state index contributed by atoms with van der Waals surface area (Å²) in [5.41, 5.74) is 3.50. The van der Waals surface area contributed by atoms with Crippen LogP contribution in [0.5, 0.6) is 11.5 Å². The van der Waals surface area contributed by atoms with Gasteiger partial charge in [-0.15, -0.1) is 0 Å². The van der Waals surface area contributed by atoms with Crippen molar-refractivity contribution in [3.8, 4) is 11.5 Å². The van der Waals surface area contributed by atoms with Gasteiger partial charge in [-0.05, 0) is 66.9 Å². The highest BCUT2D eigenvalue weighted by Crippen LogP contribution is 2.39. The number of ether oxygens (including phenoxy) is 2. The highest BCUT2D eigenvalue weighted by atomic mass is 16.5. The number of para-hydroxylation sites is 1.